The molecule has 4 rings (SSSR count). The van der Waals surface area contributed by atoms with Crippen molar-refractivity contribution in [1.29, 1.82) is 0 Å². The van der Waals surface area contributed by atoms with Gasteiger partial charge in [-0.3, -0.25) is 4.79 Å². The molecule has 0 heterocycles. The van der Waals surface area contributed by atoms with Crippen LogP contribution in [0.5, 0.6) is 0 Å². The van der Waals surface area contributed by atoms with Crippen LogP contribution in [-0.4, -0.2) is 17.0 Å². The molecule has 0 spiro atoms. The van der Waals surface area contributed by atoms with Crippen LogP contribution >= 0.6 is 0 Å². The molecule has 0 aromatic carbocycles. The number of Topliss-reactive ketones (excluding diaryl/α,β-unsaturated/α-hetero) is 1. The maximum absolute atomic E-state index is 13.1. The first-order chi connectivity index (χ1) is 11.3. The zero-order chi connectivity index (χ0) is 17.3. The molecule has 2 heteroatoms. The van der Waals surface area contributed by atoms with Crippen LogP contribution in [0.4, 0.5) is 0 Å². The van der Waals surface area contributed by atoms with Crippen LogP contribution in [0.3, 0.4) is 0 Å². The van der Waals surface area contributed by atoms with Crippen molar-refractivity contribution in [3.63, 3.8) is 0 Å². The number of hydrogen-bond donors (Lipinski definition) is 1. The molecule has 3 fully saturated rings. The molecule has 4 aliphatic rings. The molecule has 0 radical (unpaired) electrons. The van der Waals surface area contributed by atoms with Crippen molar-refractivity contribution < 1.29 is 9.90 Å². The number of aliphatic hydroxyl groups is 1. The van der Waals surface area contributed by atoms with Crippen LogP contribution in [0.25, 0.3) is 0 Å². The van der Waals surface area contributed by atoms with Crippen LogP contribution in [0, 0.1) is 28.6 Å². The van der Waals surface area contributed by atoms with Gasteiger partial charge in [0.05, 0.1) is 6.10 Å². The standard InChI is InChI=1S/C22H32O2/c1-13(2)17-12-19-16-6-5-14-11-15(23)7-9-21(14,3)18(16)8-10-22(19,4)20(17)24/h5,15-16,18-19,23H,6-12H2,1-4H3/t15-,16+,18-,19-,21-,22-/m0/s1. The summed E-state index contributed by atoms with van der Waals surface area (Å²) in [5, 5.41) is 10.1. The molecule has 1 N–H and O–H groups in total. The van der Waals surface area contributed by atoms with E-state index in [-0.39, 0.29) is 16.9 Å². The number of aliphatic hydroxyl groups excluding tert-OH is 1. The first kappa shape index (κ1) is 16.6. The smallest absolute Gasteiger partial charge is 0.164 e. The zero-order valence-electron chi connectivity index (χ0n) is 15.7. The Morgan fingerprint density at radius 2 is 1.79 bits per heavy atom. The molecule has 0 bridgehead atoms. The molecule has 0 aromatic rings. The summed E-state index contributed by atoms with van der Waals surface area (Å²) in [6.45, 7) is 8.91. The fourth-order valence-electron chi connectivity index (χ4n) is 6.71. The van der Waals surface area contributed by atoms with E-state index in [1.165, 1.54) is 17.6 Å². The van der Waals surface area contributed by atoms with Gasteiger partial charge in [0.25, 0.3) is 0 Å². The maximum atomic E-state index is 13.1. The second-order valence-electron chi connectivity index (χ2n) is 9.62. The van der Waals surface area contributed by atoms with E-state index in [2.05, 4.69) is 33.8 Å². The third-order valence-corrected chi connectivity index (χ3v) is 8.29. The Morgan fingerprint density at radius 3 is 2.50 bits per heavy atom. The van der Waals surface area contributed by atoms with Crippen LogP contribution in [0.2, 0.25) is 0 Å². The summed E-state index contributed by atoms with van der Waals surface area (Å²) < 4.78 is 0. The highest BCUT2D eigenvalue weighted by atomic mass is 16.3. The van der Waals surface area contributed by atoms with Crippen molar-refractivity contribution in [1.82, 2.24) is 0 Å². The Bertz CT molecular complexity index is 638. The summed E-state index contributed by atoms with van der Waals surface area (Å²) in [5.41, 5.74) is 4.01. The monoisotopic (exact) mass is 328 g/mol. The van der Waals surface area contributed by atoms with Crippen molar-refractivity contribution in [3.05, 3.63) is 22.8 Å². The van der Waals surface area contributed by atoms with E-state index in [9.17, 15) is 9.90 Å². The van der Waals surface area contributed by atoms with Crippen LogP contribution in [0.1, 0.15) is 72.6 Å². The van der Waals surface area contributed by atoms with E-state index in [1.807, 2.05) is 0 Å². The van der Waals surface area contributed by atoms with Crippen LogP contribution < -0.4 is 0 Å². The lowest BCUT2D eigenvalue weighted by Crippen LogP contribution is -2.50. The van der Waals surface area contributed by atoms with E-state index < -0.39 is 0 Å². The molecule has 2 nitrogen and oxygen atoms in total. The highest BCUT2D eigenvalue weighted by Gasteiger charge is 2.59. The lowest BCUT2D eigenvalue weighted by molar-refractivity contribution is -0.130. The second-order valence-corrected chi connectivity index (χ2v) is 9.62. The average Bonchev–Trinajstić information content (AvgIpc) is 2.80. The minimum Gasteiger partial charge on any atom is -0.393 e. The Labute approximate surface area is 146 Å². The fourth-order valence-corrected chi connectivity index (χ4v) is 6.71. The van der Waals surface area contributed by atoms with Crippen molar-refractivity contribution in [3.8, 4) is 0 Å². The van der Waals surface area contributed by atoms with Gasteiger partial charge in [-0.2, -0.15) is 0 Å². The molecule has 3 saturated carbocycles. The Morgan fingerprint density at radius 1 is 1.08 bits per heavy atom. The minimum atomic E-state index is -0.139. The number of carbonyl (C=O) groups excluding carboxylic acids is 1. The summed E-state index contributed by atoms with van der Waals surface area (Å²) in [6, 6.07) is 0. The Kier molecular flexibility index (Phi) is 3.66. The minimum absolute atomic E-state index is 0.121. The van der Waals surface area contributed by atoms with E-state index in [0.717, 1.165) is 44.1 Å². The van der Waals surface area contributed by atoms with E-state index in [4.69, 9.17) is 0 Å². The summed E-state index contributed by atoms with van der Waals surface area (Å²) in [7, 11) is 0. The third-order valence-electron chi connectivity index (χ3n) is 8.29. The van der Waals surface area contributed by atoms with Gasteiger partial charge in [0.2, 0.25) is 0 Å². The predicted molar refractivity (Wildman–Crippen MR) is 96.5 cm³/mol. The fraction of sp³-hybridized carbons (Fsp3) is 0.773. The van der Waals surface area contributed by atoms with Gasteiger partial charge in [-0.15, -0.1) is 0 Å². The van der Waals surface area contributed by atoms with Crippen LogP contribution in [0.15, 0.2) is 22.8 Å². The number of hydrogen-bond acceptors (Lipinski definition) is 2. The van der Waals surface area contributed by atoms with Crippen molar-refractivity contribution in [2.45, 2.75) is 78.7 Å². The molecule has 0 amide bonds. The normalized spacial score (nSPS) is 47.6. The molecule has 0 unspecified atom stereocenters. The summed E-state index contributed by atoms with van der Waals surface area (Å²) in [5.74, 6) is 2.32. The van der Waals surface area contributed by atoms with Gasteiger partial charge in [0.1, 0.15) is 0 Å². The van der Waals surface area contributed by atoms with Gasteiger partial charge in [-0.05, 0) is 87.5 Å². The van der Waals surface area contributed by atoms with Gasteiger partial charge < -0.3 is 5.11 Å². The molecule has 24 heavy (non-hydrogen) atoms. The highest BCUT2D eigenvalue weighted by Crippen LogP contribution is 2.64. The van der Waals surface area contributed by atoms with E-state index in [1.54, 1.807) is 0 Å². The number of ketones is 1. The third kappa shape index (κ3) is 2.08. The SMILES string of the molecule is CC(C)=C1C[C@H]2[C@@H]3CC=C4C[C@@H](O)CC[C@]4(C)[C@H]3CC[C@]2(C)C1=O. The van der Waals surface area contributed by atoms with Crippen molar-refractivity contribution in [2.75, 3.05) is 0 Å². The number of carbonyl (C=O) groups is 1. The molecular formula is C22H32O2. The van der Waals surface area contributed by atoms with Gasteiger partial charge >= 0.3 is 0 Å². The molecule has 0 saturated heterocycles. The summed E-state index contributed by atoms with van der Waals surface area (Å²) in [6.07, 6.45) is 9.60. The predicted octanol–water partition coefficient (Wildman–Crippen LogP) is 4.83. The topological polar surface area (TPSA) is 37.3 Å². The largest absolute Gasteiger partial charge is 0.393 e. The quantitative estimate of drug-likeness (QED) is 0.511. The molecule has 0 aliphatic heterocycles. The highest BCUT2D eigenvalue weighted by molar-refractivity contribution is 6.03. The van der Waals surface area contributed by atoms with Gasteiger partial charge in [-0.25, -0.2) is 0 Å². The summed E-state index contributed by atoms with van der Waals surface area (Å²) in [4.78, 5) is 13.1. The number of allylic oxidation sites excluding steroid dienone is 3. The molecule has 0 aromatic heterocycles. The zero-order valence-corrected chi connectivity index (χ0v) is 15.7. The van der Waals surface area contributed by atoms with Gasteiger partial charge in [0, 0.05) is 5.41 Å². The Balaban J connectivity index is 1.72. The number of rotatable bonds is 0. The lowest BCUT2D eigenvalue weighted by Gasteiger charge is -2.56. The van der Waals surface area contributed by atoms with Crippen LogP contribution in [-0.2, 0) is 4.79 Å². The average molecular weight is 328 g/mol. The second kappa shape index (κ2) is 5.30. The summed E-state index contributed by atoms with van der Waals surface area (Å²) >= 11 is 0. The molecule has 4 aliphatic carbocycles. The molecular weight excluding hydrogens is 296 g/mol. The number of fused-ring (bicyclic) bond motifs is 5. The first-order valence-electron chi connectivity index (χ1n) is 9.86. The first-order valence-corrected chi connectivity index (χ1v) is 9.86. The van der Waals surface area contributed by atoms with E-state index >= 15 is 0 Å². The lowest BCUT2D eigenvalue weighted by atomic mass is 9.48. The van der Waals surface area contributed by atoms with Crippen molar-refractivity contribution >= 4 is 5.78 Å². The molecule has 132 valence electrons. The Hall–Kier alpha value is -0.890. The van der Waals surface area contributed by atoms with E-state index in [0.29, 0.717) is 23.5 Å². The van der Waals surface area contributed by atoms with Gasteiger partial charge in [0.15, 0.2) is 5.78 Å². The van der Waals surface area contributed by atoms with Gasteiger partial charge in [-0.1, -0.05) is 31.1 Å². The maximum Gasteiger partial charge on any atom is 0.164 e. The molecule has 6 atom stereocenters. The van der Waals surface area contributed by atoms with Crippen molar-refractivity contribution in [2.24, 2.45) is 28.6 Å².